The number of furan rings is 1. The van der Waals surface area contributed by atoms with Crippen molar-refractivity contribution >= 4 is 12.4 Å². The van der Waals surface area contributed by atoms with Crippen LogP contribution in [0.1, 0.15) is 23.8 Å². The topological polar surface area (TPSA) is 43.6 Å². The highest BCUT2D eigenvalue weighted by Crippen LogP contribution is 2.31. The summed E-state index contributed by atoms with van der Waals surface area (Å²) in [6.45, 7) is 4.49. The zero-order valence-electron chi connectivity index (χ0n) is 12.9. The fourth-order valence-corrected chi connectivity index (χ4v) is 2.21. The molecule has 1 heterocycles. The molecule has 0 aliphatic rings. The van der Waals surface area contributed by atoms with E-state index in [-0.39, 0.29) is 18.4 Å². The highest BCUT2D eigenvalue weighted by atomic mass is 35.5. The van der Waals surface area contributed by atoms with Crippen LogP contribution in [0.15, 0.2) is 53.7 Å². The summed E-state index contributed by atoms with van der Waals surface area (Å²) in [7, 11) is 3.27. The summed E-state index contributed by atoms with van der Waals surface area (Å²) in [5.74, 6) is 2.36. The van der Waals surface area contributed by atoms with Gasteiger partial charge in [0.15, 0.2) is 11.5 Å². The van der Waals surface area contributed by atoms with Crippen LogP contribution in [0.2, 0.25) is 0 Å². The number of hydrogen-bond acceptors (Lipinski definition) is 4. The number of halogens is 1. The molecule has 0 fully saturated rings. The molecule has 1 N–H and O–H groups in total. The van der Waals surface area contributed by atoms with Gasteiger partial charge in [-0.1, -0.05) is 12.1 Å². The normalized spacial score (nSPS) is 11.4. The summed E-state index contributed by atoms with van der Waals surface area (Å²) >= 11 is 0. The molecule has 0 aliphatic carbocycles. The smallest absolute Gasteiger partial charge is 0.161 e. The second kappa shape index (κ2) is 9.18. The molecule has 1 aromatic carbocycles. The maximum atomic E-state index is 5.36. The van der Waals surface area contributed by atoms with Crippen molar-refractivity contribution in [3.05, 3.63) is 60.6 Å². The third-order valence-corrected chi connectivity index (χ3v) is 3.32. The van der Waals surface area contributed by atoms with Crippen molar-refractivity contribution in [3.63, 3.8) is 0 Å². The van der Waals surface area contributed by atoms with Crippen molar-refractivity contribution in [1.82, 2.24) is 5.32 Å². The van der Waals surface area contributed by atoms with Gasteiger partial charge < -0.3 is 19.2 Å². The number of hydrogen-bond donors (Lipinski definition) is 1. The summed E-state index contributed by atoms with van der Waals surface area (Å²) in [5.41, 5.74) is 1.12. The second-order valence-electron chi connectivity index (χ2n) is 4.65. The average molecular weight is 324 g/mol. The number of methoxy groups -OCH3 is 2. The van der Waals surface area contributed by atoms with Crippen LogP contribution in [0.3, 0.4) is 0 Å². The van der Waals surface area contributed by atoms with Crippen LogP contribution < -0.4 is 14.8 Å². The lowest BCUT2D eigenvalue weighted by Crippen LogP contribution is -2.20. The minimum absolute atomic E-state index is 0. The van der Waals surface area contributed by atoms with Crippen LogP contribution in [0.25, 0.3) is 0 Å². The molecule has 0 saturated carbocycles. The first-order valence-corrected chi connectivity index (χ1v) is 6.87. The molecule has 4 nitrogen and oxygen atoms in total. The summed E-state index contributed by atoms with van der Waals surface area (Å²) in [6, 6.07) is 9.92. The Morgan fingerprint density at radius 1 is 1.23 bits per heavy atom. The van der Waals surface area contributed by atoms with Crippen molar-refractivity contribution < 1.29 is 13.9 Å². The Hall–Kier alpha value is -1.91. The Morgan fingerprint density at radius 2 is 2.00 bits per heavy atom. The monoisotopic (exact) mass is 323 g/mol. The van der Waals surface area contributed by atoms with E-state index in [1.807, 2.05) is 36.4 Å². The lowest BCUT2D eigenvalue weighted by Gasteiger charge is -2.18. The van der Waals surface area contributed by atoms with Crippen LogP contribution in [0.5, 0.6) is 11.5 Å². The molecule has 5 heteroatoms. The molecule has 2 rings (SSSR count). The lowest BCUT2D eigenvalue weighted by atomic mass is 10.0. The van der Waals surface area contributed by atoms with Gasteiger partial charge in [-0.3, -0.25) is 0 Å². The number of rotatable bonds is 8. The van der Waals surface area contributed by atoms with Gasteiger partial charge in [0, 0.05) is 6.04 Å². The van der Waals surface area contributed by atoms with Crippen molar-refractivity contribution in [2.45, 2.75) is 19.0 Å². The van der Waals surface area contributed by atoms with Crippen molar-refractivity contribution in [2.24, 2.45) is 0 Å². The van der Waals surface area contributed by atoms with Gasteiger partial charge in [0.2, 0.25) is 0 Å². The van der Waals surface area contributed by atoms with E-state index < -0.39 is 0 Å². The largest absolute Gasteiger partial charge is 0.493 e. The van der Waals surface area contributed by atoms with E-state index in [0.29, 0.717) is 6.54 Å². The van der Waals surface area contributed by atoms with E-state index in [1.165, 1.54) is 0 Å². The van der Waals surface area contributed by atoms with E-state index >= 15 is 0 Å². The minimum Gasteiger partial charge on any atom is -0.493 e. The van der Waals surface area contributed by atoms with Crippen LogP contribution in [0, 0.1) is 0 Å². The summed E-state index contributed by atoms with van der Waals surface area (Å²) < 4.78 is 16.0. The van der Waals surface area contributed by atoms with Crippen LogP contribution in [0.4, 0.5) is 0 Å². The Labute approximate surface area is 137 Å². The van der Waals surface area contributed by atoms with Crippen molar-refractivity contribution in [3.8, 4) is 11.5 Å². The maximum Gasteiger partial charge on any atom is 0.161 e. The predicted molar refractivity (Wildman–Crippen MR) is 89.9 cm³/mol. The fourth-order valence-electron chi connectivity index (χ4n) is 2.21. The number of ether oxygens (including phenoxy) is 2. The zero-order chi connectivity index (χ0) is 15.1. The van der Waals surface area contributed by atoms with E-state index in [9.17, 15) is 0 Å². The van der Waals surface area contributed by atoms with E-state index in [2.05, 4.69) is 11.9 Å². The Bertz CT molecular complexity index is 569. The third-order valence-electron chi connectivity index (χ3n) is 3.32. The van der Waals surface area contributed by atoms with Crippen LogP contribution >= 0.6 is 12.4 Å². The molecular weight excluding hydrogens is 302 g/mol. The fraction of sp³-hybridized carbons (Fsp3) is 0.294. The van der Waals surface area contributed by atoms with Gasteiger partial charge in [-0.05, 0) is 36.2 Å². The highest BCUT2D eigenvalue weighted by molar-refractivity contribution is 5.85. The van der Waals surface area contributed by atoms with Gasteiger partial charge >= 0.3 is 0 Å². The molecular formula is C17H22ClNO3. The summed E-state index contributed by atoms with van der Waals surface area (Å²) in [5, 5.41) is 3.47. The van der Waals surface area contributed by atoms with Gasteiger partial charge in [-0.25, -0.2) is 0 Å². The van der Waals surface area contributed by atoms with Crippen molar-refractivity contribution in [2.75, 3.05) is 14.2 Å². The summed E-state index contributed by atoms with van der Waals surface area (Å²) in [6.07, 6.45) is 4.39. The second-order valence-corrected chi connectivity index (χ2v) is 4.65. The first-order chi connectivity index (χ1) is 10.3. The molecule has 22 heavy (non-hydrogen) atoms. The molecule has 1 aromatic heterocycles. The molecule has 120 valence electrons. The van der Waals surface area contributed by atoms with E-state index in [1.54, 1.807) is 20.5 Å². The van der Waals surface area contributed by atoms with Gasteiger partial charge in [0.05, 0.1) is 27.0 Å². The molecule has 0 radical (unpaired) electrons. The van der Waals surface area contributed by atoms with Crippen LogP contribution in [-0.2, 0) is 6.54 Å². The first kappa shape index (κ1) is 18.1. The maximum absolute atomic E-state index is 5.36. The molecule has 0 amide bonds. The van der Waals surface area contributed by atoms with E-state index in [4.69, 9.17) is 13.9 Å². The summed E-state index contributed by atoms with van der Waals surface area (Å²) in [4.78, 5) is 0. The molecule has 1 atom stereocenters. The lowest BCUT2D eigenvalue weighted by molar-refractivity contribution is 0.353. The molecule has 2 aromatic rings. The third kappa shape index (κ3) is 4.55. The predicted octanol–water partition coefficient (Wildman–Crippen LogP) is 4.13. The van der Waals surface area contributed by atoms with Gasteiger partial charge in [-0.15, -0.1) is 19.0 Å². The van der Waals surface area contributed by atoms with Gasteiger partial charge in [0.1, 0.15) is 5.76 Å². The van der Waals surface area contributed by atoms with Gasteiger partial charge in [0.25, 0.3) is 0 Å². The standard InChI is InChI=1S/C17H21NO3.ClH/c1-4-6-15(18-12-14-7-5-10-21-14)13-8-9-16(19-2)17(11-13)20-3;/h4-5,7-11,15,18H,1,6,12H2,2-3H3;1H. The van der Waals surface area contributed by atoms with E-state index in [0.717, 1.165) is 29.2 Å². The first-order valence-electron chi connectivity index (χ1n) is 6.87. The number of benzene rings is 1. The molecule has 0 bridgehead atoms. The Kier molecular flexibility index (Phi) is 7.57. The van der Waals surface area contributed by atoms with Crippen LogP contribution in [-0.4, -0.2) is 14.2 Å². The minimum atomic E-state index is 0. The quantitative estimate of drug-likeness (QED) is 0.742. The Morgan fingerprint density at radius 3 is 2.59 bits per heavy atom. The molecule has 1 unspecified atom stereocenters. The average Bonchev–Trinajstić information content (AvgIpc) is 3.04. The molecule has 0 spiro atoms. The highest BCUT2D eigenvalue weighted by Gasteiger charge is 2.13. The zero-order valence-corrected chi connectivity index (χ0v) is 13.7. The SMILES string of the molecule is C=CCC(NCc1ccco1)c1ccc(OC)c(OC)c1.Cl. The van der Waals surface area contributed by atoms with Crippen molar-refractivity contribution in [1.29, 1.82) is 0 Å². The Balaban J connectivity index is 0.00000242. The van der Waals surface area contributed by atoms with Gasteiger partial charge in [-0.2, -0.15) is 0 Å². The molecule has 0 aliphatic heterocycles. The molecule has 0 saturated heterocycles. The number of nitrogens with one attached hydrogen (secondary N) is 1.